The highest BCUT2D eigenvalue weighted by Gasteiger charge is 2.24. The van der Waals surface area contributed by atoms with Gasteiger partial charge in [0.15, 0.2) is 5.78 Å². The first-order valence-corrected chi connectivity index (χ1v) is 11.2. The van der Waals surface area contributed by atoms with Crippen molar-refractivity contribution in [1.82, 2.24) is 9.80 Å². The largest absolute Gasteiger partial charge is 0.379 e. The Hall–Kier alpha value is -2.50. The molecule has 0 radical (unpaired) electrons. The molecule has 0 spiro atoms. The molecule has 1 atom stereocenters. The van der Waals surface area contributed by atoms with Gasteiger partial charge in [0.05, 0.1) is 13.2 Å². The Morgan fingerprint density at radius 2 is 1.74 bits per heavy atom. The number of amides is 1. The average Bonchev–Trinajstić information content (AvgIpc) is 2.78. The van der Waals surface area contributed by atoms with Crippen molar-refractivity contribution in [2.45, 2.75) is 46.2 Å². The van der Waals surface area contributed by atoms with Gasteiger partial charge in [-0.05, 0) is 38.0 Å². The molecule has 1 heterocycles. The number of ether oxygens (including phenoxy) is 1. The van der Waals surface area contributed by atoms with Gasteiger partial charge in [-0.15, -0.1) is 0 Å². The molecule has 1 amide bonds. The highest BCUT2D eigenvalue weighted by molar-refractivity contribution is 5.99. The Balaban J connectivity index is 1.67. The maximum absolute atomic E-state index is 13.2. The third kappa shape index (κ3) is 6.74. The van der Waals surface area contributed by atoms with Crippen molar-refractivity contribution in [1.29, 1.82) is 0 Å². The lowest BCUT2D eigenvalue weighted by Crippen LogP contribution is -2.48. The second kappa shape index (κ2) is 11.2. The monoisotopic (exact) mass is 422 g/mol. The number of hydrogen-bond acceptors (Lipinski definition) is 4. The summed E-state index contributed by atoms with van der Waals surface area (Å²) in [5, 5.41) is 0. The molecule has 3 rings (SSSR count). The molecule has 1 aliphatic heterocycles. The summed E-state index contributed by atoms with van der Waals surface area (Å²) in [6.07, 6.45) is 0.463. The van der Waals surface area contributed by atoms with Crippen LogP contribution in [0.25, 0.3) is 0 Å². The summed E-state index contributed by atoms with van der Waals surface area (Å²) in [6.45, 7) is 10.7. The lowest BCUT2D eigenvalue weighted by atomic mass is 9.99. The van der Waals surface area contributed by atoms with Crippen LogP contribution in [0.15, 0.2) is 48.5 Å². The number of carbonyl (C=O) groups is 2. The maximum atomic E-state index is 13.2. The first kappa shape index (κ1) is 23.2. The van der Waals surface area contributed by atoms with Crippen LogP contribution < -0.4 is 0 Å². The van der Waals surface area contributed by atoms with Gasteiger partial charge in [-0.3, -0.25) is 14.5 Å². The number of benzene rings is 2. The van der Waals surface area contributed by atoms with Crippen molar-refractivity contribution >= 4 is 11.7 Å². The maximum Gasteiger partial charge on any atom is 0.223 e. The van der Waals surface area contributed by atoms with Crippen LogP contribution in [0.5, 0.6) is 0 Å². The molecule has 1 fully saturated rings. The van der Waals surface area contributed by atoms with E-state index in [0.29, 0.717) is 6.54 Å². The van der Waals surface area contributed by atoms with E-state index in [-0.39, 0.29) is 30.6 Å². The van der Waals surface area contributed by atoms with Crippen LogP contribution in [0.1, 0.15) is 46.8 Å². The third-order valence-corrected chi connectivity index (χ3v) is 5.93. The fourth-order valence-corrected chi connectivity index (χ4v) is 4.06. The second-order valence-corrected chi connectivity index (χ2v) is 8.51. The molecule has 0 saturated carbocycles. The molecule has 0 N–H and O–H groups in total. The molecule has 2 aromatic carbocycles. The van der Waals surface area contributed by atoms with Gasteiger partial charge in [-0.25, -0.2) is 0 Å². The van der Waals surface area contributed by atoms with E-state index in [9.17, 15) is 9.59 Å². The molecule has 1 saturated heterocycles. The van der Waals surface area contributed by atoms with Crippen molar-refractivity contribution in [3.05, 3.63) is 70.8 Å². The van der Waals surface area contributed by atoms with Gasteiger partial charge in [-0.2, -0.15) is 0 Å². The zero-order valence-electron chi connectivity index (χ0n) is 19.0. The quantitative estimate of drug-likeness (QED) is 0.573. The molecule has 0 bridgehead atoms. The number of nitrogens with zero attached hydrogens (tertiary/aromatic N) is 2. The third-order valence-electron chi connectivity index (χ3n) is 5.93. The summed E-state index contributed by atoms with van der Waals surface area (Å²) in [5.41, 5.74) is 3.85. The normalized spacial score (nSPS) is 15.5. The Kier molecular flexibility index (Phi) is 8.38. The first-order valence-electron chi connectivity index (χ1n) is 11.2. The fraction of sp³-hybridized carbons (Fsp3) is 0.462. The number of rotatable bonds is 9. The molecule has 166 valence electrons. The van der Waals surface area contributed by atoms with E-state index in [1.54, 1.807) is 0 Å². The van der Waals surface area contributed by atoms with Crippen molar-refractivity contribution in [2.24, 2.45) is 0 Å². The summed E-state index contributed by atoms with van der Waals surface area (Å²) < 4.78 is 5.45. The van der Waals surface area contributed by atoms with E-state index >= 15 is 0 Å². The van der Waals surface area contributed by atoms with E-state index < -0.39 is 0 Å². The van der Waals surface area contributed by atoms with E-state index in [4.69, 9.17) is 4.74 Å². The molecular formula is C26H34N2O3. The Morgan fingerprint density at radius 1 is 1.03 bits per heavy atom. The zero-order chi connectivity index (χ0) is 22.2. The number of morpholine rings is 1. The van der Waals surface area contributed by atoms with Crippen molar-refractivity contribution < 1.29 is 14.3 Å². The van der Waals surface area contributed by atoms with E-state index in [0.717, 1.165) is 55.1 Å². The smallest absolute Gasteiger partial charge is 0.223 e. The minimum atomic E-state index is 0.0308. The number of carbonyl (C=O) groups excluding carboxylic acids is 2. The highest BCUT2D eigenvalue weighted by Crippen LogP contribution is 2.17. The molecule has 0 aromatic heterocycles. The molecule has 1 unspecified atom stereocenters. The number of ketones is 1. The topological polar surface area (TPSA) is 49.9 Å². The Morgan fingerprint density at radius 3 is 2.45 bits per heavy atom. The predicted molar refractivity (Wildman–Crippen MR) is 123 cm³/mol. The average molecular weight is 423 g/mol. The molecule has 0 aliphatic carbocycles. The van der Waals surface area contributed by atoms with Gasteiger partial charge in [0, 0.05) is 50.6 Å². The van der Waals surface area contributed by atoms with Crippen LogP contribution in [0.4, 0.5) is 0 Å². The van der Waals surface area contributed by atoms with Gasteiger partial charge in [0.25, 0.3) is 0 Å². The summed E-state index contributed by atoms with van der Waals surface area (Å²) in [5.74, 6) is 0.0679. The Labute approximate surface area is 186 Å². The number of Topliss-reactive ketones (excluding diaryl/α,β-unsaturated/α-hetero) is 1. The first-order chi connectivity index (χ1) is 14.9. The van der Waals surface area contributed by atoms with Crippen LogP contribution >= 0.6 is 0 Å². The van der Waals surface area contributed by atoms with Crippen LogP contribution in [-0.4, -0.2) is 60.4 Å². The molecule has 5 nitrogen and oxygen atoms in total. The van der Waals surface area contributed by atoms with Crippen molar-refractivity contribution in [3.63, 3.8) is 0 Å². The SMILES string of the molecule is Cc1ccc(C)c(C(=O)CCC(=O)N(Cc2ccccc2)C(C)CN2CCOCC2)c1. The summed E-state index contributed by atoms with van der Waals surface area (Å²) in [6, 6.07) is 16.0. The number of hydrogen-bond donors (Lipinski definition) is 0. The van der Waals surface area contributed by atoms with Crippen molar-refractivity contribution in [3.8, 4) is 0 Å². The van der Waals surface area contributed by atoms with E-state index in [1.807, 2.05) is 67.3 Å². The van der Waals surface area contributed by atoms with Crippen LogP contribution in [0.2, 0.25) is 0 Å². The van der Waals surface area contributed by atoms with Crippen LogP contribution in [0.3, 0.4) is 0 Å². The van der Waals surface area contributed by atoms with E-state index in [2.05, 4.69) is 11.8 Å². The van der Waals surface area contributed by atoms with Gasteiger partial charge >= 0.3 is 0 Å². The summed E-state index contributed by atoms with van der Waals surface area (Å²) in [7, 11) is 0. The minimum Gasteiger partial charge on any atom is -0.379 e. The fourth-order valence-electron chi connectivity index (χ4n) is 4.06. The second-order valence-electron chi connectivity index (χ2n) is 8.51. The van der Waals surface area contributed by atoms with Gasteiger partial charge < -0.3 is 9.64 Å². The van der Waals surface area contributed by atoms with Gasteiger partial charge in [-0.1, -0.05) is 48.0 Å². The predicted octanol–water partition coefficient (Wildman–Crippen LogP) is 4.02. The number of aryl methyl sites for hydroxylation is 2. The van der Waals surface area contributed by atoms with Crippen molar-refractivity contribution in [2.75, 3.05) is 32.8 Å². The summed E-state index contributed by atoms with van der Waals surface area (Å²) >= 11 is 0. The minimum absolute atomic E-state index is 0.0308. The van der Waals surface area contributed by atoms with Gasteiger partial charge in [0.2, 0.25) is 5.91 Å². The zero-order valence-corrected chi connectivity index (χ0v) is 19.0. The Bertz CT molecular complexity index is 875. The molecule has 31 heavy (non-hydrogen) atoms. The van der Waals surface area contributed by atoms with Crippen LogP contribution in [0, 0.1) is 13.8 Å². The lowest BCUT2D eigenvalue weighted by molar-refractivity contribution is -0.134. The molecule has 5 heteroatoms. The molecule has 1 aliphatic rings. The highest BCUT2D eigenvalue weighted by atomic mass is 16.5. The standard InChI is InChI=1S/C26H34N2O3/c1-20-9-10-21(2)24(17-20)25(29)11-12-26(30)28(19-23-7-5-4-6-8-23)22(3)18-27-13-15-31-16-14-27/h4-10,17,22H,11-16,18-19H2,1-3H3. The van der Waals surface area contributed by atoms with Gasteiger partial charge in [0.1, 0.15) is 0 Å². The molecule has 2 aromatic rings. The van der Waals surface area contributed by atoms with Crippen LogP contribution in [-0.2, 0) is 16.1 Å². The molecular weight excluding hydrogens is 388 g/mol. The summed E-state index contributed by atoms with van der Waals surface area (Å²) in [4.78, 5) is 30.3. The van der Waals surface area contributed by atoms with E-state index in [1.165, 1.54) is 0 Å². The lowest BCUT2D eigenvalue weighted by Gasteiger charge is -2.35.